The topological polar surface area (TPSA) is 71.8 Å². The molecule has 0 spiro atoms. The quantitative estimate of drug-likeness (QED) is 0.851. The molecule has 6 heteroatoms. The molecule has 21 heavy (non-hydrogen) atoms. The Morgan fingerprint density at radius 1 is 1.43 bits per heavy atom. The van der Waals surface area contributed by atoms with Crippen LogP contribution >= 0.6 is 0 Å². The Kier molecular flexibility index (Phi) is 4.92. The van der Waals surface area contributed by atoms with Crippen LogP contribution in [0.3, 0.4) is 0 Å². The predicted molar refractivity (Wildman–Crippen MR) is 82.1 cm³/mol. The van der Waals surface area contributed by atoms with Crippen molar-refractivity contribution in [2.75, 3.05) is 11.9 Å². The maximum absolute atomic E-state index is 12.3. The molecule has 0 aromatic carbocycles. The van der Waals surface area contributed by atoms with Gasteiger partial charge in [0.25, 0.3) is 5.91 Å². The fourth-order valence-electron chi connectivity index (χ4n) is 2.08. The van der Waals surface area contributed by atoms with Crippen LogP contribution in [0.25, 0.3) is 0 Å². The normalized spacial score (nSPS) is 10.4. The van der Waals surface area contributed by atoms with Crippen molar-refractivity contribution in [3.05, 3.63) is 41.5 Å². The van der Waals surface area contributed by atoms with Gasteiger partial charge >= 0.3 is 0 Å². The summed E-state index contributed by atoms with van der Waals surface area (Å²) in [5.74, 6) is -0.134. The molecule has 0 unspecified atom stereocenters. The van der Waals surface area contributed by atoms with Crippen molar-refractivity contribution >= 4 is 11.6 Å². The van der Waals surface area contributed by atoms with E-state index < -0.39 is 0 Å². The number of amides is 1. The number of nitrogens with one attached hydrogen (secondary N) is 2. The molecule has 0 aliphatic rings. The number of carbonyl (C=O) groups excluding carboxylic acids is 1. The summed E-state index contributed by atoms with van der Waals surface area (Å²) in [6, 6.07) is 1.82. The van der Waals surface area contributed by atoms with Gasteiger partial charge in [0.15, 0.2) is 0 Å². The summed E-state index contributed by atoms with van der Waals surface area (Å²) in [6.45, 7) is 5.30. The maximum atomic E-state index is 12.3. The maximum Gasteiger partial charge on any atom is 0.255 e. The van der Waals surface area contributed by atoms with Crippen molar-refractivity contribution in [2.45, 2.75) is 26.8 Å². The predicted octanol–water partition coefficient (Wildman–Crippen LogP) is 1.88. The molecule has 2 rings (SSSR count). The molecule has 0 aliphatic heterocycles. The van der Waals surface area contributed by atoms with Gasteiger partial charge in [-0.05, 0) is 19.4 Å². The van der Waals surface area contributed by atoms with Crippen LogP contribution in [0.15, 0.2) is 24.7 Å². The lowest BCUT2D eigenvalue weighted by Crippen LogP contribution is -2.24. The molecule has 0 saturated carbocycles. The van der Waals surface area contributed by atoms with E-state index in [0.717, 1.165) is 29.9 Å². The van der Waals surface area contributed by atoms with Gasteiger partial charge < -0.3 is 10.6 Å². The standard InChI is InChI=1S/C15H21N5O/c1-4-6-17-14-5-7-16-9-13(14)15(21)18-8-12-10-20(3)19-11(12)2/h5,7,9-10H,4,6,8H2,1-3H3,(H,16,17)(H,18,21). The zero-order chi connectivity index (χ0) is 15.2. The Balaban J connectivity index is 2.05. The van der Waals surface area contributed by atoms with E-state index in [4.69, 9.17) is 0 Å². The van der Waals surface area contributed by atoms with Crippen molar-refractivity contribution in [3.8, 4) is 0 Å². The number of carbonyl (C=O) groups is 1. The average Bonchev–Trinajstić information content (AvgIpc) is 2.81. The zero-order valence-corrected chi connectivity index (χ0v) is 12.7. The highest BCUT2D eigenvalue weighted by Crippen LogP contribution is 2.14. The third kappa shape index (κ3) is 3.81. The number of nitrogens with zero attached hydrogens (tertiary/aromatic N) is 3. The molecule has 0 aliphatic carbocycles. The molecule has 0 saturated heterocycles. The lowest BCUT2D eigenvalue weighted by Gasteiger charge is -2.10. The fraction of sp³-hybridized carbons (Fsp3) is 0.400. The summed E-state index contributed by atoms with van der Waals surface area (Å²) in [7, 11) is 1.87. The molecule has 2 aromatic heterocycles. The molecule has 0 bridgehead atoms. The summed E-state index contributed by atoms with van der Waals surface area (Å²) < 4.78 is 1.75. The van der Waals surface area contributed by atoms with E-state index in [9.17, 15) is 4.79 Å². The first-order valence-corrected chi connectivity index (χ1v) is 7.07. The van der Waals surface area contributed by atoms with E-state index in [1.807, 2.05) is 26.2 Å². The summed E-state index contributed by atoms with van der Waals surface area (Å²) in [4.78, 5) is 16.3. The fourth-order valence-corrected chi connectivity index (χ4v) is 2.08. The average molecular weight is 287 g/mol. The first-order chi connectivity index (χ1) is 10.1. The lowest BCUT2D eigenvalue weighted by atomic mass is 10.2. The van der Waals surface area contributed by atoms with Gasteiger partial charge in [0.1, 0.15) is 0 Å². The summed E-state index contributed by atoms with van der Waals surface area (Å²) in [6.07, 6.45) is 6.18. The Labute approximate surface area is 124 Å². The van der Waals surface area contributed by atoms with Crippen molar-refractivity contribution in [3.63, 3.8) is 0 Å². The van der Waals surface area contributed by atoms with Gasteiger partial charge in [-0.2, -0.15) is 5.10 Å². The molecule has 0 radical (unpaired) electrons. The molecule has 2 aromatic rings. The van der Waals surface area contributed by atoms with Crippen LogP contribution in [0.4, 0.5) is 5.69 Å². The third-order valence-electron chi connectivity index (χ3n) is 3.19. The van der Waals surface area contributed by atoms with Gasteiger partial charge in [-0.25, -0.2) is 0 Å². The van der Waals surface area contributed by atoms with E-state index in [1.165, 1.54) is 0 Å². The number of aromatic nitrogens is 3. The van der Waals surface area contributed by atoms with Gasteiger partial charge in [0.05, 0.1) is 16.9 Å². The van der Waals surface area contributed by atoms with E-state index >= 15 is 0 Å². The smallest absolute Gasteiger partial charge is 0.255 e. The number of aryl methyl sites for hydroxylation is 2. The van der Waals surface area contributed by atoms with Gasteiger partial charge in [-0.3, -0.25) is 14.5 Å². The van der Waals surface area contributed by atoms with E-state index in [-0.39, 0.29) is 5.91 Å². The van der Waals surface area contributed by atoms with Crippen molar-refractivity contribution in [2.24, 2.45) is 7.05 Å². The Bertz CT molecular complexity index is 620. The minimum atomic E-state index is -0.134. The van der Waals surface area contributed by atoms with Crippen LogP contribution in [0.2, 0.25) is 0 Å². The monoisotopic (exact) mass is 287 g/mol. The minimum Gasteiger partial charge on any atom is -0.384 e. The number of rotatable bonds is 6. The van der Waals surface area contributed by atoms with Crippen LogP contribution in [0, 0.1) is 6.92 Å². The van der Waals surface area contributed by atoms with Crippen molar-refractivity contribution < 1.29 is 4.79 Å². The minimum absolute atomic E-state index is 0.134. The number of hydrogen-bond acceptors (Lipinski definition) is 4. The Morgan fingerprint density at radius 2 is 2.24 bits per heavy atom. The number of anilines is 1. The second-order valence-corrected chi connectivity index (χ2v) is 4.94. The van der Waals surface area contributed by atoms with E-state index in [1.54, 1.807) is 17.1 Å². The molecular formula is C15H21N5O. The van der Waals surface area contributed by atoms with Crippen LogP contribution in [-0.4, -0.2) is 27.2 Å². The summed E-state index contributed by atoms with van der Waals surface area (Å²) in [5.41, 5.74) is 3.31. The van der Waals surface area contributed by atoms with Crippen LogP contribution in [0.5, 0.6) is 0 Å². The first kappa shape index (κ1) is 15.0. The SMILES string of the molecule is CCCNc1ccncc1C(=O)NCc1cn(C)nc1C. The van der Waals surface area contributed by atoms with Crippen LogP contribution in [0.1, 0.15) is 35.0 Å². The van der Waals surface area contributed by atoms with Crippen LogP contribution in [-0.2, 0) is 13.6 Å². The lowest BCUT2D eigenvalue weighted by molar-refractivity contribution is 0.0951. The summed E-state index contributed by atoms with van der Waals surface area (Å²) in [5, 5.41) is 10.4. The number of pyridine rings is 1. The molecule has 0 atom stereocenters. The second-order valence-electron chi connectivity index (χ2n) is 4.94. The Morgan fingerprint density at radius 3 is 2.90 bits per heavy atom. The highest BCUT2D eigenvalue weighted by Gasteiger charge is 2.12. The highest BCUT2D eigenvalue weighted by atomic mass is 16.1. The zero-order valence-electron chi connectivity index (χ0n) is 12.7. The second kappa shape index (κ2) is 6.88. The highest BCUT2D eigenvalue weighted by molar-refractivity contribution is 5.99. The molecule has 1 amide bonds. The largest absolute Gasteiger partial charge is 0.384 e. The van der Waals surface area contributed by atoms with E-state index in [2.05, 4.69) is 27.6 Å². The van der Waals surface area contributed by atoms with E-state index in [0.29, 0.717) is 12.1 Å². The van der Waals surface area contributed by atoms with Crippen LogP contribution < -0.4 is 10.6 Å². The van der Waals surface area contributed by atoms with Gasteiger partial charge in [0, 0.05) is 44.3 Å². The van der Waals surface area contributed by atoms with Gasteiger partial charge in [0.2, 0.25) is 0 Å². The Hall–Kier alpha value is -2.37. The molecule has 2 heterocycles. The third-order valence-corrected chi connectivity index (χ3v) is 3.19. The molecule has 6 nitrogen and oxygen atoms in total. The van der Waals surface area contributed by atoms with Gasteiger partial charge in [-0.1, -0.05) is 6.92 Å². The summed E-state index contributed by atoms with van der Waals surface area (Å²) >= 11 is 0. The van der Waals surface area contributed by atoms with Gasteiger partial charge in [-0.15, -0.1) is 0 Å². The molecule has 0 fully saturated rings. The number of hydrogen-bond donors (Lipinski definition) is 2. The first-order valence-electron chi connectivity index (χ1n) is 7.07. The molecule has 112 valence electrons. The van der Waals surface area contributed by atoms with Crippen molar-refractivity contribution in [1.82, 2.24) is 20.1 Å². The molecule has 2 N–H and O–H groups in total. The van der Waals surface area contributed by atoms with Crippen molar-refractivity contribution in [1.29, 1.82) is 0 Å². The molecular weight excluding hydrogens is 266 g/mol.